The Labute approximate surface area is 240 Å². The quantitative estimate of drug-likeness (QED) is 0.171. The highest BCUT2D eigenvalue weighted by atomic mass is 79.9. The number of rotatable bonds is 10. The van der Waals surface area contributed by atoms with Crippen LogP contribution in [0, 0.1) is 0 Å². The molecule has 8 heteroatoms. The normalized spacial score (nSPS) is 14.6. The highest BCUT2D eigenvalue weighted by molar-refractivity contribution is 9.10. The molecule has 0 saturated carbocycles. The zero-order valence-corrected chi connectivity index (χ0v) is 24.2. The monoisotopic (exact) mass is 609 g/mol. The number of amides is 1. The molecule has 4 aromatic rings. The number of hydrogen-bond acceptors (Lipinski definition) is 5. The van der Waals surface area contributed by atoms with E-state index in [0.29, 0.717) is 46.3 Å². The van der Waals surface area contributed by atoms with Crippen LogP contribution in [0.1, 0.15) is 66.4 Å². The minimum absolute atomic E-state index is 0.0460. The van der Waals surface area contributed by atoms with E-state index in [-0.39, 0.29) is 23.6 Å². The summed E-state index contributed by atoms with van der Waals surface area (Å²) in [7, 11) is 0. The van der Waals surface area contributed by atoms with E-state index in [0.717, 1.165) is 34.9 Å². The highest BCUT2D eigenvalue weighted by Gasteiger charge is 2.43. The van der Waals surface area contributed by atoms with Crippen molar-refractivity contribution in [3.05, 3.63) is 103 Å². The van der Waals surface area contributed by atoms with E-state index >= 15 is 0 Å². The van der Waals surface area contributed by atoms with Gasteiger partial charge >= 0.3 is 0 Å². The maximum atomic E-state index is 13.9. The van der Waals surface area contributed by atoms with Crippen LogP contribution in [0.5, 0.6) is 11.5 Å². The number of halogens is 2. The van der Waals surface area contributed by atoms with Gasteiger partial charge in [-0.25, -0.2) is 0 Å². The molecule has 0 N–H and O–H groups in total. The van der Waals surface area contributed by atoms with Crippen molar-refractivity contribution < 1.29 is 18.7 Å². The Bertz CT molecular complexity index is 1580. The number of carbonyl (C=O) groups is 1. The number of fused-ring (bicyclic) bond motifs is 2. The van der Waals surface area contributed by atoms with Crippen molar-refractivity contribution in [2.45, 2.75) is 45.7 Å². The molecule has 0 fully saturated rings. The largest absolute Gasteiger partial charge is 0.490 e. The number of carbonyl (C=O) groups excluding carboxylic acids is 1. The lowest BCUT2D eigenvalue weighted by Crippen LogP contribution is -2.29. The maximum Gasteiger partial charge on any atom is 0.291 e. The van der Waals surface area contributed by atoms with Crippen LogP contribution in [0.3, 0.4) is 0 Å². The molecule has 3 aromatic carbocycles. The number of benzene rings is 3. The van der Waals surface area contributed by atoms with Gasteiger partial charge in [0.15, 0.2) is 16.9 Å². The van der Waals surface area contributed by atoms with Gasteiger partial charge in [0.25, 0.3) is 5.91 Å². The summed E-state index contributed by atoms with van der Waals surface area (Å²) in [5, 5.41) is 0.945. The van der Waals surface area contributed by atoms with E-state index in [2.05, 4.69) is 22.9 Å². The predicted molar refractivity (Wildman–Crippen MR) is 156 cm³/mol. The van der Waals surface area contributed by atoms with Crippen molar-refractivity contribution in [2.24, 2.45) is 0 Å². The molecule has 0 spiro atoms. The summed E-state index contributed by atoms with van der Waals surface area (Å²) in [6, 6.07) is 17.5. The molecule has 0 aliphatic carbocycles. The fourth-order valence-corrected chi connectivity index (χ4v) is 5.49. The minimum Gasteiger partial charge on any atom is -0.490 e. The summed E-state index contributed by atoms with van der Waals surface area (Å²) >= 11 is 9.93. The van der Waals surface area contributed by atoms with Gasteiger partial charge in [0.1, 0.15) is 5.58 Å². The third-order valence-corrected chi connectivity index (χ3v) is 7.68. The molecule has 1 amide bonds. The SMILES string of the molecule is CCCCCOc1ccc(C2c3c(oc4ccc(Br)cc4c3=O)C(=O)N2Cc2ccccc2Cl)cc1OCC. The summed E-state index contributed by atoms with van der Waals surface area (Å²) in [5.41, 5.74) is 1.91. The minimum atomic E-state index is -0.697. The standard InChI is InChI=1S/C31H29BrClNO5/c1-3-5-8-15-38-25-13-11-19(16-26(25)37-4-2)28-27-29(35)22-17-21(32)12-14-24(22)39-30(27)31(36)34(28)18-20-9-6-7-10-23(20)33/h6-7,9-14,16-17,28H,3-5,8,15,18H2,1-2H3. The second kappa shape index (κ2) is 11.8. The maximum absolute atomic E-state index is 13.9. The summed E-state index contributed by atoms with van der Waals surface area (Å²) in [6.07, 6.45) is 3.13. The fourth-order valence-electron chi connectivity index (χ4n) is 4.93. The molecule has 0 saturated heterocycles. The number of ether oxygens (including phenoxy) is 2. The molecule has 1 aliphatic rings. The first-order valence-corrected chi connectivity index (χ1v) is 14.3. The molecule has 39 heavy (non-hydrogen) atoms. The van der Waals surface area contributed by atoms with E-state index in [1.807, 2.05) is 43.3 Å². The Morgan fingerprint density at radius 3 is 2.56 bits per heavy atom. The van der Waals surface area contributed by atoms with E-state index in [1.54, 1.807) is 29.2 Å². The van der Waals surface area contributed by atoms with Crippen molar-refractivity contribution in [1.82, 2.24) is 4.90 Å². The molecule has 2 heterocycles. The number of hydrogen-bond donors (Lipinski definition) is 0. The van der Waals surface area contributed by atoms with E-state index in [4.69, 9.17) is 25.5 Å². The van der Waals surface area contributed by atoms with Crippen molar-refractivity contribution in [1.29, 1.82) is 0 Å². The average Bonchev–Trinajstić information content (AvgIpc) is 3.20. The van der Waals surface area contributed by atoms with Gasteiger partial charge in [0, 0.05) is 16.0 Å². The lowest BCUT2D eigenvalue weighted by molar-refractivity contribution is 0.0714. The van der Waals surface area contributed by atoms with Gasteiger partial charge in [0.05, 0.1) is 30.2 Å². The number of nitrogens with zero attached hydrogens (tertiary/aromatic N) is 1. The van der Waals surface area contributed by atoms with E-state index < -0.39 is 6.04 Å². The molecule has 202 valence electrons. The fraction of sp³-hybridized carbons (Fsp3) is 0.290. The predicted octanol–water partition coefficient (Wildman–Crippen LogP) is 7.92. The Kier molecular flexibility index (Phi) is 8.29. The summed E-state index contributed by atoms with van der Waals surface area (Å²) in [4.78, 5) is 29.4. The highest BCUT2D eigenvalue weighted by Crippen LogP contribution is 2.42. The first kappa shape index (κ1) is 27.3. The van der Waals surface area contributed by atoms with Gasteiger partial charge in [0.2, 0.25) is 5.76 Å². The van der Waals surface area contributed by atoms with Crippen molar-refractivity contribution >= 4 is 44.4 Å². The Hall–Kier alpha value is -3.29. The van der Waals surface area contributed by atoms with Crippen LogP contribution >= 0.6 is 27.5 Å². The summed E-state index contributed by atoms with van der Waals surface area (Å²) in [6.45, 7) is 5.28. The van der Waals surface area contributed by atoms with Crippen molar-refractivity contribution in [3.63, 3.8) is 0 Å². The third kappa shape index (κ3) is 5.43. The first-order valence-electron chi connectivity index (χ1n) is 13.1. The van der Waals surface area contributed by atoms with Crippen LogP contribution in [0.15, 0.2) is 74.3 Å². The molecule has 0 radical (unpaired) electrons. The Morgan fingerprint density at radius 2 is 1.79 bits per heavy atom. The average molecular weight is 611 g/mol. The summed E-state index contributed by atoms with van der Waals surface area (Å²) < 4.78 is 18.8. The molecular weight excluding hydrogens is 582 g/mol. The molecule has 1 aromatic heterocycles. The van der Waals surface area contributed by atoms with Gasteiger partial charge < -0.3 is 18.8 Å². The van der Waals surface area contributed by atoms with Gasteiger partial charge in [-0.3, -0.25) is 9.59 Å². The van der Waals surface area contributed by atoms with Gasteiger partial charge in [-0.2, -0.15) is 0 Å². The third-order valence-electron chi connectivity index (χ3n) is 6.82. The van der Waals surface area contributed by atoms with Crippen molar-refractivity contribution in [2.75, 3.05) is 13.2 Å². The lowest BCUT2D eigenvalue weighted by Gasteiger charge is -2.26. The first-order chi connectivity index (χ1) is 18.9. The van der Waals surface area contributed by atoms with E-state index in [9.17, 15) is 9.59 Å². The zero-order chi connectivity index (χ0) is 27.5. The van der Waals surface area contributed by atoms with Gasteiger partial charge in [-0.1, -0.05) is 71.6 Å². The van der Waals surface area contributed by atoms with Gasteiger partial charge in [-0.15, -0.1) is 0 Å². The van der Waals surface area contributed by atoms with Crippen molar-refractivity contribution in [3.8, 4) is 11.5 Å². The Balaban J connectivity index is 1.64. The molecular formula is C31H29BrClNO5. The van der Waals surface area contributed by atoms with Crippen LogP contribution in [-0.2, 0) is 6.54 Å². The molecule has 1 atom stereocenters. The number of unbranched alkanes of at least 4 members (excludes halogenated alkanes) is 2. The molecule has 0 bridgehead atoms. The van der Waals surface area contributed by atoms with Crippen LogP contribution in [0.2, 0.25) is 5.02 Å². The second-order valence-electron chi connectivity index (χ2n) is 9.44. The van der Waals surface area contributed by atoms with E-state index in [1.165, 1.54) is 0 Å². The second-order valence-corrected chi connectivity index (χ2v) is 10.8. The molecule has 1 aliphatic heterocycles. The summed E-state index contributed by atoms with van der Waals surface area (Å²) in [5.74, 6) is 0.880. The molecule has 5 rings (SSSR count). The topological polar surface area (TPSA) is 69.0 Å². The molecule has 1 unspecified atom stereocenters. The smallest absolute Gasteiger partial charge is 0.291 e. The van der Waals surface area contributed by atoms with Crippen LogP contribution in [-0.4, -0.2) is 24.0 Å². The Morgan fingerprint density at radius 1 is 0.974 bits per heavy atom. The van der Waals surface area contributed by atoms with Crippen LogP contribution in [0.25, 0.3) is 11.0 Å². The lowest BCUT2D eigenvalue weighted by atomic mass is 9.97. The van der Waals surface area contributed by atoms with Crippen LogP contribution < -0.4 is 14.9 Å². The van der Waals surface area contributed by atoms with Gasteiger partial charge in [-0.05, 0) is 60.9 Å². The zero-order valence-electron chi connectivity index (χ0n) is 21.8. The molecule has 6 nitrogen and oxygen atoms in total. The van der Waals surface area contributed by atoms with Crippen LogP contribution in [0.4, 0.5) is 0 Å².